The molecule has 0 radical (unpaired) electrons. The minimum absolute atomic E-state index is 0. The maximum Gasteiger partial charge on any atom is 0.195 e. The van der Waals surface area contributed by atoms with Gasteiger partial charge in [-0.25, -0.2) is 0 Å². The lowest BCUT2D eigenvalue weighted by Crippen LogP contribution is -2.04. The number of rotatable bonds is 3. The molecule has 0 atom stereocenters. The standard InChI is InChI=1S/C5H10ClNO.ClH/c1-2-3-8-5(7)4-6;/h7H,2-4H2,1H3;1H. The number of hydrogen-bond acceptors (Lipinski definition) is 2. The van der Waals surface area contributed by atoms with Crippen molar-refractivity contribution < 1.29 is 4.74 Å². The van der Waals surface area contributed by atoms with Crippen LogP contribution in [0.4, 0.5) is 0 Å². The van der Waals surface area contributed by atoms with Gasteiger partial charge in [0.2, 0.25) is 0 Å². The summed E-state index contributed by atoms with van der Waals surface area (Å²) >= 11 is 5.24. The molecular formula is C5H11Cl2NO. The second-order valence-electron chi connectivity index (χ2n) is 1.41. The molecule has 0 aliphatic rings. The Labute approximate surface area is 66.5 Å². The molecule has 56 valence electrons. The van der Waals surface area contributed by atoms with Gasteiger partial charge in [-0.1, -0.05) is 6.92 Å². The van der Waals surface area contributed by atoms with Crippen LogP contribution < -0.4 is 0 Å². The first-order valence-electron chi connectivity index (χ1n) is 2.57. The second kappa shape index (κ2) is 8.05. The lowest BCUT2D eigenvalue weighted by atomic mass is 10.5. The van der Waals surface area contributed by atoms with E-state index in [1.54, 1.807) is 0 Å². The van der Waals surface area contributed by atoms with Crippen LogP contribution in [0, 0.1) is 5.41 Å². The molecule has 4 heteroatoms. The van der Waals surface area contributed by atoms with Crippen LogP contribution in [0.1, 0.15) is 13.3 Å². The lowest BCUT2D eigenvalue weighted by Gasteiger charge is -1.99. The summed E-state index contributed by atoms with van der Waals surface area (Å²) in [5.41, 5.74) is 0. The highest BCUT2D eigenvalue weighted by molar-refractivity contribution is 6.26. The van der Waals surface area contributed by atoms with Crippen LogP contribution in [0.15, 0.2) is 0 Å². The maximum atomic E-state index is 6.89. The molecule has 0 aliphatic heterocycles. The van der Waals surface area contributed by atoms with Crippen molar-refractivity contribution in [2.45, 2.75) is 13.3 Å². The number of hydrogen-bond donors (Lipinski definition) is 1. The van der Waals surface area contributed by atoms with E-state index in [0.29, 0.717) is 6.61 Å². The third-order valence-electron chi connectivity index (χ3n) is 0.602. The van der Waals surface area contributed by atoms with E-state index < -0.39 is 0 Å². The highest BCUT2D eigenvalue weighted by Crippen LogP contribution is 1.84. The molecule has 0 spiro atoms. The molecule has 0 aromatic rings. The summed E-state index contributed by atoms with van der Waals surface area (Å²) in [4.78, 5) is 0. The van der Waals surface area contributed by atoms with Crippen molar-refractivity contribution in [3.63, 3.8) is 0 Å². The Kier molecular flexibility index (Phi) is 10.6. The molecule has 0 fully saturated rings. The van der Waals surface area contributed by atoms with Crippen LogP contribution in [0.5, 0.6) is 0 Å². The van der Waals surface area contributed by atoms with Gasteiger partial charge in [0.15, 0.2) is 5.90 Å². The fourth-order valence-corrected chi connectivity index (χ4v) is 0.341. The second-order valence-corrected chi connectivity index (χ2v) is 1.67. The highest BCUT2D eigenvalue weighted by atomic mass is 35.5. The minimum atomic E-state index is 0. The van der Waals surface area contributed by atoms with Crippen LogP contribution in [0.3, 0.4) is 0 Å². The van der Waals surface area contributed by atoms with Gasteiger partial charge in [-0.3, -0.25) is 5.41 Å². The van der Waals surface area contributed by atoms with Gasteiger partial charge in [0.05, 0.1) is 12.5 Å². The smallest absolute Gasteiger partial charge is 0.195 e. The zero-order chi connectivity index (χ0) is 6.41. The van der Waals surface area contributed by atoms with Crippen molar-refractivity contribution in [3.8, 4) is 0 Å². The Bertz CT molecular complexity index is 77.4. The average molecular weight is 172 g/mol. The zero-order valence-electron chi connectivity index (χ0n) is 5.32. The number of halogens is 2. The van der Waals surface area contributed by atoms with Crippen molar-refractivity contribution in [1.29, 1.82) is 5.41 Å². The Morgan fingerprint density at radius 3 is 2.56 bits per heavy atom. The van der Waals surface area contributed by atoms with Gasteiger partial charge in [0.25, 0.3) is 0 Å². The van der Waals surface area contributed by atoms with Crippen molar-refractivity contribution in [1.82, 2.24) is 0 Å². The Morgan fingerprint density at radius 2 is 2.22 bits per heavy atom. The molecule has 0 bridgehead atoms. The van der Waals surface area contributed by atoms with E-state index in [9.17, 15) is 0 Å². The van der Waals surface area contributed by atoms with Gasteiger partial charge in [-0.15, -0.1) is 24.0 Å². The topological polar surface area (TPSA) is 33.1 Å². The van der Waals surface area contributed by atoms with E-state index in [-0.39, 0.29) is 24.2 Å². The fourth-order valence-electron chi connectivity index (χ4n) is 0.264. The van der Waals surface area contributed by atoms with Gasteiger partial charge in [-0.2, -0.15) is 0 Å². The summed E-state index contributed by atoms with van der Waals surface area (Å²) in [6, 6.07) is 0. The van der Waals surface area contributed by atoms with E-state index in [1.165, 1.54) is 0 Å². The first-order chi connectivity index (χ1) is 3.81. The molecule has 0 unspecified atom stereocenters. The molecule has 0 aromatic carbocycles. The SMILES string of the molecule is CCCOC(=N)CCl.Cl. The summed E-state index contributed by atoms with van der Waals surface area (Å²) in [5.74, 6) is 0.341. The van der Waals surface area contributed by atoms with Gasteiger partial charge in [-0.05, 0) is 6.42 Å². The zero-order valence-corrected chi connectivity index (χ0v) is 6.89. The molecule has 0 aliphatic carbocycles. The molecule has 1 N–H and O–H groups in total. The van der Waals surface area contributed by atoms with Crippen molar-refractivity contribution in [2.24, 2.45) is 0 Å². The first-order valence-corrected chi connectivity index (χ1v) is 3.11. The van der Waals surface area contributed by atoms with Crippen LogP contribution in [0.25, 0.3) is 0 Å². The molecular weight excluding hydrogens is 161 g/mol. The van der Waals surface area contributed by atoms with E-state index in [2.05, 4.69) is 0 Å². The summed E-state index contributed by atoms with van der Waals surface area (Å²) < 4.78 is 4.79. The number of ether oxygens (including phenoxy) is 1. The monoisotopic (exact) mass is 171 g/mol. The maximum absolute atomic E-state index is 6.89. The third kappa shape index (κ3) is 8.05. The van der Waals surface area contributed by atoms with Crippen LogP contribution in [0.2, 0.25) is 0 Å². The van der Waals surface area contributed by atoms with Crippen LogP contribution in [-0.4, -0.2) is 18.4 Å². The average Bonchev–Trinajstić information content (AvgIpc) is 1.83. The molecule has 0 saturated heterocycles. The molecule has 0 amide bonds. The van der Waals surface area contributed by atoms with Crippen LogP contribution in [-0.2, 0) is 4.74 Å². The molecule has 0 aromatic heterocycles. The van der Waals surface area contributed by atoms with Gasteiger partial charge >= 0.3 is 0 Å². The van der Waals surface area contributed by atoms with Gasteiger partial charge in [0, 0.05) is 0 Å². The minimum Gasteiger partial charge on any atom is -0.480 e. The number of nitrogens with one attached hydrogen (secondary N) is 1. The van der Waals surface area contributed by atoms with Gasteiger partial charge < -0.3 is 4.74 Å². The normalized spacial score (nSPS) is 7.78. The predicted octanol–water partition coefficient (Wildman–Crippen LogP) is 2.05. The van der Waals surface area contributed by atoms with E-state index in [0.717, 1.165) is 6.42 Å². The summed E-state index contributed by atoms with van der Waals surface area (Å²) in [5, 5.41) is 6.89. The van der Waals surface area contributed by atoms with Crippen molar-refractivity contribution in [2.75, 3.05) is 12.5 Å². The first kappa shape index (κ1) is 11.8. The Hall–Kier alpha value is 0.0500. The highest BCUT2D eigenvalue weighted by Gasteiger charge is 1.89. The Morgan fingerprint density at radius 1 is 1.67 bits per heavy atom. The summed E-state index contributed by atoms with van der Waals surface area (Å²) in [6.45, 7) is 2.59. The fraction of sp³-hybridized carbons (Fsp3) is 0.800. The lowest BCUT2D eigenvalue weighted by molar-refractivity contribution is 0.300. The quantitative estimate of drug-likeness (QED) is 0.394. The van der Waals surface area contributed by atoms with Gasteiger partial charge in [0.1, 0.15) is 0 Å². The van der Waals surface area contributed by atoms with Crippen molar-refractivity contribution >= 4 is 29.9 Å². The molecule has 0 saturated carbocycles. The summed E-state index contributed by atoms with van der Waals surface area (Å²) in [6.07, 6.45) is 0.930. The third-order valence-corrected chi connectivity index (χ3v) is 0.845. The number of alkyl halides is 1. The molecule has 2 nitrogen and oxygen atoms in total. The molecule has 0 heterocycles. The largest absolute Gasteiger partial charge is 0.480 e. The molecule has 0 rings (SSSR count). The molecule has 9 heavy (non-hydrogen) atoms. The van der Waals surface area contributed by atoms with Crippen LogP contribution >= 0.6 is 24.0 Å². The van der Waals surface area contributed by atoms with E-state index >= 15 is 0 Å². The predicted molar refractivity (Wildman–Crippen MR) is 41.9 cm³/mol. The van der Waals surface area contributed by atoms with Crippen molar-refractivity contribution in [3.05, 3.63) is 0 Å². The van der Waals surface area contributed by atoms with E-state index in [4.69, 9.17) is 21.7 Å². The Balaban J connectivity index is 0. The van der Waals surface area contributed by atoms with E-state index in [1.807, 2.05) is 6.92 Å². The summed E-state index contributed by atoms with van der Waals surface area (Å²) in [7, 11) is 0.